The Morgan fingerprint density at radius 1 is 1.28 bits per heavy atom. The Balaban J connectivity index is 2.14. The number of rotatable bonds is 2. The van der Waals surface area contributed by atoms with E-state index in [-0.39, 0.29) is 5.02 Å². The summed E-state index contributed by atoms with van der Waals surface area (Å²) in [6.45, 7) is 2.25. The van der Waals surface area contributed by atoms with Crippen LogP contribution in [0.25, 0.3) is 0 Å². The molecule has 2 rings (SSSR count). The Bertz CT molecular complexity index is 423. The number of nitrogens with one attached hydrogen (secondary N) is 1. The molecule has 1 aromatic carbocycles. The van der Waals surface area contributed by atoms with Gasteiger partial charge in [0.1, 0.15) is 5.82 Å². The lowest BCUT2D eigenvalue weighted by Crippen LogP contribution is -2.26. The van der Waals surface area contributed by atoms with E-state index in [0.29, 0.717) is 17.6 Å². The lowest BCUT2D eigenvalue weighted by Gasteiger charge is -2.25. The first-order valence-corrected chi connectivity index (χ1v) is 6.97. The summed E-state index contributed by atoms with van der Waals surface area (Å²) in [4.78, 5) is 0. The third-order valence-electron chi connectivity index (χ3n) is 3.79. The van der Waals surface area contributed by atoms with Crippen molar-refractivity contribution in [1.29, 1.82) is 0 Å². The van der Waals surface area contributed by atoms with Crippen LogP contribution in [-0.4, -0.2) is 6.04 Å². The van der Waals surface area contributed by atoms with Crippen LogP contribution in [0, 0.1) is 11.7 Å². The zero-order valence-electron chi connectivity index (χ0n) is 10.7. The van der Waals surface area contributed by atoms with Gasteiger partial charge in [-0.2, -0.15) is 0 Å². The number of halogens is 2. The van der Waals surface area contributed by atoms with E-state index in [1.165, 1.54) is 31.7 Å². The predicted octanol–water partition coefficient (Wildman–Crippen LogP) is 4.44. The molecule has 0 bridgehead atoms. The van der Waals surface area contributed by atoms with Gasteiger partial charge in [-0.05, 0) is 24.8 Å². The minimum atomic E-state index is -0.464. The van der Waals surface area contributed by atoms with Crippen molar-refractivity contribution in [3.63, 3.8) is 0 Å². The Hall–Kier alpha value is -0.960. The number of hydrogen-bond acceptors (Lipinski definition) is 2. The van der Waals surface area contributed by atoms with Gasteiger partial charge >= 0.3 is 0 Å². The molecule has 0 heterocycles. The zero-order chi connectivity index (χ0) is 13.1. The van der Waals surface area contributed by atoms with Gasteiger partial charge < -0.3 is 11.1 Å². The van der Waals surface area contributed by atoms with Crippen molar-refractivity contribution in [2.45, 2.75) is 45.1 Å². The van der Waals surface area contributed by atoms with Gasteiger partial charge in [0.25, 0.3) is 0 Å². The van der Waals surface area contributed by atoms with Crippen LogP contribution in [0.5, 0.6) is 0 Å². The van der Waals surface area contributed by atoms with E-state index in [9.17, 15) is 4.39 Å². The lowest BCUT2D eigenvalue weighted by molar-refractivity contribution is 0.457. The quantitative estimate of drug-likeness (QED) is 0.616. The first-order chi connectivity index (χ1) is 8.58. The first-order valence-electron chi connectivity index (χ1n) is 6.59. The Morgan fingerprint density at radius 3 is 2.78 bits per heavy atom. The minimum Gasteiger partial charge on any atom is -0.397 e. The van der Waals surface area contributed by atoms with E-state index in [1.807, 2.05) is 0 Å². The van der Waals surface area contributed by atoms with Crippen LogP contribution in [0.1, 0.15) is 39.0 Å². The summed E-state index contributed by atoms with van der Waals surface area (Å²) in [5, 5.41) is 3.55. The normalized spacial score (nSPS) is 24.6. The molecule has 0 aliphatic heterocycles. The fourth-order valence-corrected chi connectivity index (χ4v) is 2.76. The molecule has 2 atom stereocenters. The fourth-order valence-electron chi connectivity index (χ4n) is 2.59. The van der Waals surface area contributed by atoms with Crippen LogP contribution in [-0.2, 0) is 0 Å². The van der Waals surface area contributed by atoms with Crippen molar-refractivity contribution in [1.82, 2.24) is 0 Å². The second kappa shape index (κ2) is 5.79. The summed E-state index contributed by atoms with van der Waals surface area (Å²) >= 11 is 5.80. The van der Waals surface area contributed by atoms with Gasteiger partial charge in [0.05, 0.1) is 16.4 Å². The second-order valence-electron chi connectivity index (χ2n) is 5.22. The van der Waals surface area contributed by atoms with Gasteiger partial charge in [0, 0.05) is 12.1 Å². The largest absolute Gasteiger partial charge is 0.397 e. The van der Waals surface area contributed by atoms with E-state index in [0.717, 1.165) is 12.1 Å². The van der Waals surface area contributed by atoms with Gasteiger partial charge in [-0.1, -0.05) is 37.8 Å². The summed E-state index contributed by atoms with van der Waals surface area (Å²) in [5.74, 6) is 0.143. The Morgan fingerprint density at radius 2 is 2.00 bits per heavy atom. The number of hydrogen-bond donors (Lipinski definition) is 2. The smallest absolute Gasteiger partial charge is 0.143 e. The molecule has 0 aromatic heterocycles. The highest BCUT2D eigenvalue weighted by Gasteiger charge is 2.20. The van der Waals surface area contributed by atoms with Crippen LogP contribution < -0.4 is 11.1 Å². The third-order valence-corrected chi connectivity index (χ3v) is 4.08. The van der Waals surface area contributed by atoms with E-state index >= 15 is 0 Å². The average molecular weight is 271 g/mol. The summed E-state index contributed by atoms with van der Waals surface area (Å²) in [5.41, 5.74) is 7.01. The maximum Gasteiger partial charge on any atom is 0.143 e. The molecule has 0 radical (unpaired) electrons. The van der Waals surface area contributed by atoms with E-state index in [2.05, 4.69) is 12.2 Å². The molecule has 1 aliphatic carbocycles. The Labute approximate surface area is 113 Å². The maximum atomic E-state index is 13.2. The number of nitrogens with two attached hydrogens (primary N) is 1. The molecule has 2 unspecified atom stereocenters. The monoisotopic (exact) mass is 270 g/mol. The summed E-state index contributed by atoms with van der Waals surface area (Å²) < 4.78 is 13.2. The molecule has 3 N–H and O–H groups in total. The summed E-state index contributed by atoms with van der Waals surface area (Å²) in [6.07, 6.45) is 6.18. The molecule has 18 heavy (non-hydrogen) atoms. The number of anilines is 2. The second-order valence-corrected chi connectivity index (χ2v) is 5.63. The molecule has 2 nitrogen and oxygen atoms in total. The average Bonchev–Trinajstić information content (AvgIpc) is 2.52. The van der Waals surface area contributed by atoms with Crippen LogP contribution in [0.15, 0.2) is 12.1 Å². The molecule has 1 aromatic rings. The van der Waals surface area contributed by atoms with Crippen molar-refractivity contribution in [2.24, 2.45) is 5.92 Å². The van der Waals surface area contributed by atoms with Crippen molar-refractivity contribution >= 4 is 23.0 Å². The molecule has 0 spiro atoms. The summed E-state index contributed by atoms with van der Waals surface area (Å²) in [7, 11) is 0. The van der Waals surface area contributed by atoms with Gasteiger partial charge in [0.15, 0.2) is 0 Å². The van der Waals surface area contributed by atoms with Crippen molar-refractivity contribution in [2.75, 3.05) is 11.1 Å². The molecule has 1 aliphatic rings. The molecule has 0 saturated heterocycles. The molecule has 0 amide bonds. The summed E-state index contributed by atoms with van der Waals surface area (Å²) in [6, 6.07) is 3.27. The predicted molar refractivity (Wildman–Crippen MR) is 75.5 cm³/mol. The van der Waals surface area contributed by atoms with Crippen molar-refractivity contribution in [3.8, 4) is 0 Å². The lowest BCUT2D eigenvalue weighted by atomic mass is 9.96. The van der Waals surface area contributed by atoms with Gasteiger partial charge in [-0.3, -0.25) is 0 Å². The Kier molecular flexibility index (Phi) is 4.33. The van der Waals surface area contributed by atoms with Gasteiger partial charge in [0.2, 0.25) is 0 Å². The maximum absolute atomic E-state index is 13.2. The highest BCUT2D eigenvalue weighted by molar-refractivity contribution is 6.31. The van der Waals surface area contributed by atoms with E-state index in [4.69, 9.17) is 17.3 Å². The third kappa shape index (κ3) is 3.08. The topological polar surface area (TPSA) is 38.0 Å². The van der Waals surface area contributed by atoms with Crippen LogP contribution in [0.4, 0.5) is 15.8 Å². The highest BCUT2D eigenvalue weighted by atomic mass is 35.5. The molecular weight excluding hydrogens is 251 g/mol. The molecule has 100 valence electrons. The van der Waals surface area contributed by atoms with Crippen LogP contribution >= 0.6 is 11.6 Å². The molecular formula is C14H20ClFN2. The zero-order valence-corrected chi connectivity index (χ0v) is 11.4. The van der Waals surface area contributed by atoms with Crippen LogP contribution in [0.2, 0.25) is 5.02 Å². The van der Waals surface area contributed by atoms with E-state index in [1.54, 1.807) is 6.07 Å². The van der Waals surface area contributed by atoms with Crippen LogP contribution in [0.3, 0.4) is 0 Å². The van der Waals surface area contributed by atoms with E-state index < -0.39 is 5.82 Å². The number of nitrogen functional groups attached to an aromatic ring is 1. The fraction of sp³-hybridized carbons (Fsp3) is 0.571. The first kappa shape index (κ1) is 13.5. The SMILES string of the molecule is CC1CCCCCC1Nc1cc(Cl)c(F)cc1N. The minimum absolute atomic E-state index is 0.118. The van der Waals surface area contributed by atoms with Crippen molar-refractivity contribution < 1.29 is 4.39 Å². The highest BCUT2D eigenvalue weighted by Crippen LogP contribution is 2.31. The number of benzene rings is 1. The molecule has 4 heteroatoms. The molecule has 1 fully saturated rings. The standard InChI is InChI=1S/C14H20ClFN2/c1-9-5-3-2-4-6-13(9)18-14-7-10(15)11(16)8-12(14)17/h7-9,13,18H,2-6,17H2,1H3. The van der Waals surface area contributed by atoms with Gasteiger partial charge in [-0.25, -0.2) is 4.39 Å². The van der Waals surface area contributed by atoms with Gasteiger partial charge in [-0.15, -0.1) is 0 Å². The molecule has 1 saturated carbocycles. The van der Waals surface area contributed by atoms with Crippen molar-refractivity contribution in [3.05, 3.63) is 23.0 Å².